The van der Waals surface area contributed by atoms with Gasteiger partial charge in [0.1, 0.15) is 5.82 Å². The SMILES string of the molecule is Brc1cnc(C2CCC2)nc1.Cc1ccc(C)cc1. The molecule has 0 N–H and O–H groups in total. The van der Waals surface area contributed by atoms with E-state index in [-0.39, 0.29) is 0 Å². The molecular weight excluding hydrogens is 300 g/mol. The van der Waals surface area contributed by atoms with Crippen molar-refractivity contribution >= 4 is 15.9 Å². The molecular formula is C16H19BrN2. The normalized spacial score (nSPS) is 14.3. The van der Waals surface area contributed by atoms with E-state index >= 15 is 0 Å². The van der Waals surface area contributed by atoms with Crippen molar-refractivity contribution in [3.05, 3.63) is 58.1 Å². The van der Waals surface area contributed by atoms with Crippen molar-refractivity contribution in [3.63, 3.8) is 0 Å². The van der Waals surface area contributed by atoms with Gasteiger partial charge in [0.25, 0.3) is 0 Å². The molecule has 0 saturated heterocycles. The minimum absolute atomic E-state index is 0.642. The van der Waals surface area contributed by atoms with Crippen LogP contribution in [0.3, 0.4) is 0 Å². The van der Waals surface area contributed by atoms with Crippen LogP contribution in [0.15, 0.2) is 41.1 Å². The van der Waals surface area contributed by atoms with Crippen LogP contribution in [0.4, 0.5) is 0 Å². The molecule has 1 fully saturated rings. The molecule has 100 valence electrons. The fourth-order valence-corrected chi connectivity index (χ4v) is 2.04. The van der Waals surface area contributed by atoms with Gasteiger partial charge in [0, 0.05) is 18.3 Å². The van der Waals surface area contributed by atoms with Crippen molar-refractivity contribution in [2.45, 2.75) is 39.0 Å². The van der Waals surface area contributed by atoms with Gasteiger partial charge in [0.15, 0.2) is 0 Å². The topological polar surface area (TPSA) is 25.8 Å². The van der Waals surface area contributed by atoms with Crippen LogP contribution in [0.2, 0.25) is 0 Å². The monoisotopic (exact) mass is 318 g/mol. The molecule has 3 rings (SSSR count). The third kappa shape index (κ3) is 4.43. The summed E-state index contributed by atoms with van der Waals surface area (Å²) in [5.41, 5.74) is 2.66. The summed E-state index contributed by atoms with van der Waals surface area (Å²) in [6, 6.07) is 8.48. The lowest BCUT2D eigenvalue weighted by atomic mass is 9.85. The average Bonchev–Trinajstić information content (AvgIpc) is 2.34. The van der Waals surface area contributed by atoms with Gasteiger partial charge in [-0.1, -0.05) is 41.8 Å². The zero-order chi connectivity index (χ0) is 13.7. The second kappa shape index (κ2) is 6.80. The average molecular weight is 319 g/mol. The van der Waals surface area contributed by atoms with Crippen molar-refractivity contribution in [3.8, 4) is 0 Å². The maximum Gasteiger partial charge on any atom is 0.131 e. The van der Waals surface area contributed by atoms with Crippen molar-refractivity contribution < 1.29 is 0 Å². The van der Waals surface area contributed by atoms with Crippen molar-refractivity contribution in [1.29, 1.82) is 0 Å². The maximum absolute atomic E-state index is 4.24. The Hall–Kier alpha value is -1.22. The third-order valence-corrected chi connectivity index (χ3v) is 3.74. The van der Waals surface area contributed by atoms with E-state index in [1.54, 1.807) is 0 Å². The fourth-order valence-electron chi connectivity index (χ4n) is 1.84. The lowest BCUT2D eigenvalue weighted by Crippen LogP contribution is -2.11. The van der Waals surface area contributed by atoms with Crippen molar-refractivity contribution in [1.82, 2.24) is 9.97 Å². The highest BCUT2D eigenvalue weighted by Crippen LogP contribution is 2.33. The van der Waals surface area contributed by atoms with E-state index in [4.69, 9.17) is 0 Å². The highest BCUT2D eigenvalue weighted by molar-refractivity contribution is 9.10. The molecule has 1 heterocycles. The minimum atomic E-state index is 0.642. The van der Waals surface area contributed by atoms with Crippen molar-refractivity contribution in [2.24, 2.45) is 0 Å². The van der Waals surface area contributed by atoms with E-state index in [9.17, 15) is 0 Å². The van der Waals surface area contributed by atoms with Gasteiger partial charge in [-0.3, -0.25) is 0 Å². The van der Waals surface area contributed by atoms with Gasteiger partial charge in [-0.25, -0.2) is 9.97 Å². The number of hydrogen-bond acceptors (Lipinski definition) is 2. The van der Waals surface area contributed by atoms with Crippen LogP contribution in [-0.2, 0) is 0 Å². The summed E-state index contributed by atoms with van der Waals surface area (Å²) in [4.78, 5) is 8.48. The first-order valence-electron chi connectivity index (χ1n) is 6.66. The standard InChI is InChI=1S/C8H9BrN2.C8H10/c9-7-4-10-8(11-5-7)6-2-1-3-6;1-7-3-5-8(2)6-4-7/h4-6H,1-3H2;3-6H,1-2H3. The molecule has 3 heteroatoms. The van der Waals surface area contributed by atoms with Crippen LogP contribution in [0.5, 0.6) is 0 Å². The summed E-state index contributed by atoms with van der Waals surface area (Å²) in [6.45, 7) is 4.19. The van der Waals surface area contributed by atoms with Gasteiger partial charge in [0.2, 0.25) is 0 Å². The Morgan fingerprint density at radius 1 is 0.947 bits per heavy atom. The lowest BCUT2D eigenvalue weighted by molar-refractivity contribution is 0.401. The Morgan fingerprint density at radius 2 is 1.42 bits per heavy atom. The Balaban J connectivity index is 0.000000148. The second-order valence-electron chi connectivity index (χ2n) is 5.04. The van der Waals surface area contributed by atoms with E-state index < -0.39 is 0 Å². The van der Waals surface area contributed by atoms with E-state index in [1.165, 1.54) is 30.4 Å². The van der Waals surface area contributed by atoms with Crippen LogP contribution in [-0.4, -0.2) is 9.97 Å². The smallest absolute Gasteiger partial charge is 0.131 e. The van der Waals surface area contributed by atoms with E-state index in [1.807, 2.05) is 12.4 Å². The first-order valence-corrected chi connectivity index (χ1v) is 7.45. The highest BCUT2D eigenvalue weighted by atomic mass is 79.9. The molecule has 0 bridgehead atoms. The van der Waals surface area contributed by atoms with Crippen LogP contribution in [0.1, 0.15) is 42.1 Å². The fraction of sp³-hybridized carbons (Fsp3) is 0.375. The van der Waals surface area contributed by atoms with Crippen LogP contribution >= 0.6 is 15.9 Å². The summed E-state index contributed by atoms with van der Waals surface area (Å²) in [7, 11) is 0. The zero-order valence-electron chi connectivity index (χ0n) is 11.4. The molecule has 1 aromatic carbocycles. The van der Waals surface area contributed by atoms with Crippen molar-refractivity contribution in [2.75, 3.05) is 0 Å². The van der Waals surface area contributed by atoms with E-state index in [2.05, 4.69) is 64.0 Å². The maximum atomic E-state index is 4.24. The molecule has 2 aromatic rings. The molecule has 0 atom stereocenters. The summed E-state index contributed by atoms with van der Waals surface area (Å²) in [6.07, 6.45) is 7.51. The molecule has 0 aliphatic heterocycles. The number of benzene rings is 1. The largest absolute Gasteiger partial charge is 0.240 e. The lowest BCUT2D eigenvalue weighted by Gasteiger charge is -2.23. The van der Waals surface area contributed by atoms with E-state index in [0.29, 0.717) is 5.92 Å². The van der Waals surface area contributed by atoms with Gasteiger partial charge in [-0.05, 0) is 42.6 Å². The number of aryl methyl sites for hydroxylation is 2. The molecule has 1 aliphatic rings. The Labute approximate surface area is 123 Å². The Morgan fingerprint density at radius 3 is 1.79 bits per heavy atom. The highest BCUT2D eigenvalue weighted by Gasteiger charge is 2.21. The van der Waals surface area contributed by atoms with Gasteiger partial charge in [0.05, 0.1) is 4.47 Å². The molecule has 0 amide bonds. The predicted octanol–water partition coefficient (Wildman–Crippen LogP) is 4.81. The number of rotatable bonds is 1. The van der Waals surface area contributed by atoms with E-state index in [0.717, 1.165) is 10.3 Å². The zero-order valence-corrected chi connectivity index (χ0v) is 13.0. The number of hydrogen-bond donors (Lipinski definition) is 0. The van der Waals surface area contributed by atoms with Gasteiger partial charge < -0.3 is 0 Å². The van der Waals surface area contributed by atoms with Crippen LogP contribution in [0, 0.1) is 13.8 Å². The van der Waals surface area contributed by atoms with Gasteiger partial charge in [-0.15, -0.1) is 0 Å². The Kier molecular flexibility index (Phi) is 5.08. The van der Waals surface area contributed by atoms with Crippen LogP contribution in [0.25, 0.3) is 0 Å². The van der Waals surface area contributed by atoms with Crippen LogP contribution < -0.4 is 0 Å². The molecule has 1 aromatic heterocycles. The summed E-state index contributed by atoms with van der Waals surface area (Å²) in [5, 5.41) is 0. The quantitative estimate of drug-likeness (QED) is 0.754. The number of nitrogens with zero attached hydrogens (tertiary/aromatic N) is 2. The Bertz CT molecular complexity index is 480. The number of halogens is 1. The molecule has 0 radical (unpaired) electrons. The summed E-state index contributed by atoms with van der Waals surface area (Å²) in [5.74, 6) is 1.66. The second-order valence-corrected chi connectivity index (χ2v) is 5.96. The van der Waals surface area contributed by atoms with Gasteiger partial charge in [-0.2, -0.15) is 0 Å². The molecule has 0 unspecified atom stereocenters. The molecule has 2 nitrogen and oxygen atoms in total. The summed E-state index contributed by atoms with van der Waals surface area (Å²) >= 11 is 3.31. The molecule has 19 heavy (non-hydrogen) atoms. The minimum Gasteiger partial charge on any atom is -0.240 e. The predicted molar refractivity (Wildman–Crippen MR) is 82.2 cm³/mol. The number of aromatic nitrogens is 2. The van der Waals surface area contributed by atoms with Gasteiger partial charge >= 0.3 is 0 Å². The molecule has 1 aliphatic carbocycles. The molecule has 1 saturated carbocycles. The third-order valence-electron chi connectivity index (χ3n) is 3.33. The first kappa shape index (κ1) is 14.2. The molecule has 0 spiro atoms. The summed E-state index contributed by atoms with van der Waals surface area (Å²) < 4.78 is 0.959. The first-order chi connectivity index (χ1) is 9.15.